The molecule has 0 spiro atoms. The molecule has 0 saturated carbocycles. The first-order chi connectivity index (χ1) is 8.88. The summed E-state index contributed by atoms with van der Waals surface area (Å²) in [6.07, 6.45) is -0.230. The smallest absolute Gasteiger partial charge is 0.304 e. The number of rotatable bonds is 6. The summed E-state index contributed by atoms with van der Waals surface area (Å²) in [6, 6.07) is 6.56. The predicted molar refractivity (Wildman–Crippen MR) is 71.2 cm³/mol. The number of aliphatic hydroxyl groups excluding tert-OH is 1. The predicted octanol–water partition coefficient (Wildman–Crippen LogP) is 1.54. The fourth-order valence-corrected chi connectivity index (χ4v) is 1.80. The van der Waals surface area contributed by atoms with E-state index in [-0.39, 0.29) is 19.6 Å². The number of hydrogen-bond donors (Lipinski definition) is 3. The number of carboxylic acid groups (broad SMARTS) is 1. The molecule has 0 bridgehead atoms. The van der Waals surface area contributed by atoms with Crippen LogP contribution < -0.4 is 5.32 Å². The van der Waals surface area contributed by atoms with E-state index in [4.69, 9.17) is 16.7 Å². The van der Waals surface area contributed by atoms with Gasteiger partial charge in [0.2, 0.25) is 0 Å². The van der Waals surface area contributed by atoms with Gasteiger partial charge in [-0.3, -0.25) is 9.59 Å². The molecule has 0 aromatic heterocycles. The molecule has 0 heterocycles. The van der Waals surface area contributed by atoms with E-state index >= 15 is 0 Å². The fraction of sp³-hybridized carbons (Fsp3) is 0.385. The van der Waals surface area contributed by atoms with Gasteiger partial charge in [0.15, 0.2) is 0 Å². The van der Waals surface area contributed by atoms with Crippen molar-refractivity contribution >= 4 is 23.5 Å². The van der Waals surface area contributed by atoms with E-state index in [1.807, 2.05) is 0 Å². The van der Waals surface area contributed by atoms with Gasteiger partial charge in [-0.2, -0.15) is 0 Å². The third-order valence-corrected chi connectivity index (χ3v) is 3.08. The molecule has 1 amide bonds. The second-order valence-corrected chi connectivity index (χ2v) is 5.11. The number of carbonyl (C=O) groups is 2. The number of carboxylic acids is 1. The van der Waals surface area contributed by atoms with Crippen LogP contribution in [0.15, 0.2) is 24.3 Å². The van der Waals surface area contributed by atoms with Crippen molar-refractivity contribution in [3.8, 4) is 0 Å². The second-order valence-electron chi connectivity index (χ2n) is 4.70. The van der Waals surface area contributed by atoms with E-state index in [0.717, 1.165) is 0 Å². The topological polar surface area (TPSA) is 86.6 Å². The maximum atomic E-state index is 11.9. The molecule has 3 N–H and O–H groups in total. The van der Waals surface area contributed by atoms with Gasteiger partial charge in [-0.15, -0.1) is 0 Å². The molecular weight excluding hydrogens is 270 g/mol. The Labute approximate surface area is 116 Å². The highest BCUT2D eigenvalue weighted by Gasteiger charge is 2.27. The molecule has 104 valence electrons. The Bertz CT molecular complexity index is 477. The van der Waals surface area contributed by atoms with Crippen molar-refractivity contribution in [3.05, 3.63) is 34.9 Å². The lowest BCUT2D eigenvalue weighted by molar-refractivity contribution is -0.140. The van der Waals surface area contributed by atoms with E-state index in [2.05, 4.69) is 5.32 Å². The van der Waals surface area contributed by atoms with Gasteiger partial charge >= 0.3 is 5.97 Å². The van der Waals surface area contributed by atoms with Crippen LogP contribution in [0, 0.1) is 5.41 Å². The molecule has 0 aliphatic rings. The van der Waals surface area contributed by atoms with Crippen LogP contribution in [0.5, 0.6) is 0 Å². The minimum absolute atomic E-state index is 0.0554. The van der Waals surface area contributed by atoms with Crippen molar-refractivity contribution in [3.63, 3.8) is 0 Å². The number of nitrogens with one attached hydrogen (secondary N) is 1. The number of amides is 1. The molecule has 1 aromatic rings. The SMILES string of the molecule is CC(CO)(CNC(=O)c1ccccc1Cl)CC(=O)O. The number of aliphatic carboxylic acids is 1. The summed E-state index contributed by atoms with van der Waals surface area (Å²) in [6.45, 7) is 1.32. The van der Waals surface area contributed by atoms with Gasteiger partial charge in [0.05, 0.1) is 23.6 Å². The van der Waals surface area contributed by atoms with Crippen LogP contribution in [-0.4, -0.2) is 35.2 Å². The lowest BCUT2D eigenvalue weighted by atomic mass is 9.87. The summed E-state index contributed by atoms with van der Waals surface area (Å²) in [7, 11) is 0. The lowest BCUT2D eigenvalue weighted by Gasteiger charge is -2.25. The zero-order chi connectivity index (χ0) is 14.5. The molecule has 0 radical (unpaired) electrons. The van der Waals surface area contributed by atoms with Crippen molar-refractivity contribution in [2.24, 2.45) is 5.41 Å². The zero-order valence-electron chi connectivity index (χ0n) is 10.5. The van der Waals surface area contributed by atoms with Gasteiger partial charge in [0, 0.05) is 12.0 Å². The van der Waals surface area contributed by atoms with Gasteiger partial charge in [0.1, 0.15) is 0 Å². The molecule has 1 atom stereocenters. The summed E-state index contributed by atoms with van der Waals surface area (Å²) >= 11 is 5.88. The quantitative estimate of drug-likeness (QED) is 0.740. The second kappa shape index (κ2) is 6.54. The molecule has 1 rings (SSSR count). The third kappa shape index (κ3) is 4.54. The molecular formula is C13H16ClNO4. The zero-order valence-corrected chi connectivity index (χ0v) is 11.3. The Morgan fingerprint density at radius 3 is 2.53 bits per heavy atom. The normalized spacial score (nSPS) is 13.6. The lowest BCUT2D eigenvalue weighted by Crippen LogP contribution is -2.39. The van der Waals surface area contributed by atoms with E-state index in [1.54, 1.807) is 31.2 Å². The van der Waals surface area contributed by atoms with Crippen LogP contribution in [0.2, 0.25) is 5.02 Å². The Kier molecular flexibility index (Phi) is 5.32. The molecule has 0 fully saturated rings. The molecule has 5 nitrogen and oxygen atoms in total. The fourth-order valence-electron chi connectivity index (χ4n) is 1.57. The van der Waals surface area contributed by atoms with Gasteiger partial charge in [-0.1, -0.05) is 30.7 Å². The number of benzene rings is 1. The molecule has 1 aromatic carbocycles. The van der Waals surface area contributed by atoms with Gasteiger partial charge in [-0.05, 0) is 12.1 Å². The van der Waals surface area contributed by atoms with Crippen molar-refractivity contribution < 1.29 is 19.8 Å². The minimum Gasteiger partial charge on any atom is -0.481 e. The van der Waals surface area contributed by atoms with Crippen LogP contribution in [0.1, 0.15) is 23.7 Å². The van der Waals surface area contributed by atoms with Crippen LogP contribution in [0.25, 0.3) is 0 Å². The highest BCUT2D eigenvalue weighted by molar-refractivity contribution is 6.33. The van der Waals surface area contributed by atoms with Gasteiger partial charge in [-0.25, -0.2) is 0 Å². The molecule has 0 aliphatic heterocycles. The van der Waals surface area contributed by atoms with Crippen molar-refractivity contribution in [2.45, 2.75) is 13.3 Å². The average molecular weight is 286 g/mol. The van der Waals surface area contributed by atoms with Gasteiger partial charge in [0.25, 0.3) is 5.91 Å². The highest BCUT2D eigenvalue weighted by Crippen LogP contribution is 2.20. The molecule has 19 heavy (non-hydrogen) atoms. The summed E-state index contributed by atoms with van der Waals surface area (Å²) < 4.78 is 0. The van der Waals surface area contributed by atoms with Crippen LogP contribution in [0.4, 0.5) is 0 Å². The van der Waals surface area contributed by atoms with Crippen LogP contribution >= 0.6 is 11.6 Å². The number of carbonyl (C=O) groups excluding carboxylic acids is 1. The number of halogens is 1. The summed E-state index contributed by atoms with van der Waals surface area (Å²) in [5.41, 5.74) is -0.581. The van der Waals surface area contributed by atoms with Crippen LogP contribution in [-0.2, 0) is 4.79 Å². The molecule has 0 saturated heterocycles. The van der Waals surface area contributed by atoms with E-state index in [1.165, 1.54) is 0 Å². The summed E-state index contributed by atoms with van der Waals surface area (Å²) in [4.78, 5) is 22.6. The first kappa shape index (κ1) is 15.5. The van der Waals surface area contributed by atoms with E-state index in [0.29, 0.717) is 10.6 Å². The average Bonchev–Trinajstić information content (AvgIpc) is 2.36. The minimum atomic E-state index is -1.02. The Hall–Kier alpha value is -1.59. The maximum Gasteiger partial charge on any atom is 0.304 e. The highest BCUT2D eigenvalue weighted by atomic mass is 35.5. The number of aliphatic hydroxyl groups is 1. The number of hydrogen-bond acceptors (Lipinski definition) is 3. The van der Waals surface area contributed by atoms with Crippen molar-refractivity contribution in [2.75, 3.05) is 13.2 Å². The summed E-state index contributed by atoms with van der Waals surface area (Å²) in [5.74, 6) is -1.42. The molecule has 0 aliphatic carbocycles. The molecule has 1 unspecified atom stereocenters. The first-order valence-electron chi connectivity index (χ1n) is 5.73. The monoisotopic (exact) mass is 285 g/mol. The van der Waals surface area contributed by atoms with E-state index in [9.17, 15) is 14.7 Å². The van der Waals surface area contributed by atoms with Crippen LogP contribution in [0.3, 0.4) is 0 Å². The Morgan fingerprint density at radius 2 is 2.00 bits per heavy atom. The van der Waals surface area contributed by atoms with E-state index < -0.39 is 17.3 Å². The summed E-state index contributed by atoms with van der Waals surface area (Å²) in [5, 5.41) is 20.9. The third-order valence-electron chi connectivity index (χ3n) is 2.75. The van der Waals surface area contributed by atoms with Gasteiger partial charge < -0.3 is 15.5 Å². The first-order valence-corrected chi connectivity index (χ1v) is 6.11. The molecule has 6 heteroatoms. The standard InChI is InChI=1S/C13H16ClNO4/c1-13(8-16,6-11(17)18)7-15-12(19)9-4-2-3-5-10(9)14/h2-5,16H,6-8H2,1H3,(H,15,19)(H,17,18). The largest absolute Gasteiger partial charge is 0.481 e. The Balaban J connectivity index is 2.68. The van der Waals surface area contributed by atoms with Crippen molar-refractivity contribution in [1.29, 1.82) is 0 Å². The Morgan fingerprint density at radius 1 is 1.37 bits per heavy atom. The maximum absolute atomic E-state index is 11.9. The van der Waals surface area contributed by atoms with Crippen molar-refractivity contribution in [1.82, 2.24) is 5.32 Å².